The van der Waals surface area contributed by atoms with E-state index in [2.05, 4.69) is 4.29 Å². The molecule has 0 radical (unpaired) electrons. The molecule has 0 aliphatic heterocycles. The minimum atomic E-state index is -0.633. The van der Waals surface area contributed by atoms with E-state index in [-0.39, 0.29) is 5.75 Å². The highest BCUT2D eigenvalue weighted by Crippen LogP contribution is 2.10. The summed E-state index contributed by atoms with van der Waals surface area (Å²) in [7, 11) is 0. The predicted molar refractivity (Wildman–Crippen MR) is 39.4 cm³/mol. The van der Waals surface area contributed by atoms with Gasteiger partial charge in [0, 0.05) is 0 Å². The fourth-order valence-electron chi connectivity index (χ4n) is 0.642. The topological polar surface area (TPSA) is 46.5 Å². The first kappa shape index (κ1) is 7.88. The van der Waals surface area contributed by atoms with Crippen molar-refractivity contribution in [2.45, 2.75) is 0 Å². The number of halogens is 1. The van der Waals surface area contributed by atoms with Crippen LogP contribution in [0.1, 0.15) is 10.4 Å². The highest BCUT2D eigenvalue weighted by atomic mass is 35.5. The molecule has 0 atom stereocenters. The minimum Gasteiger partial charge on any atom is -0.508 e. The fraction of sp³-hybridized carbons (Fsp3) is 0. The largest absolute Gasteiger partial charge is 0.508 e. The van der Waals surface area contributed by atoms with Gasteiger partial charge in [-0.25, -0.2) is 4.79 Å². The summed E-state index contributed by atoms with van der Waals surface area (Å²) in [6.07, 6.45) is 0. The lowest BCUT2D eigenvalue weighted by atomic mass is 10.2. The maximum Gasteiger partial charge on any atom is 0.356 e. The van der Waals surface area contributed by atoms with Gasteiger partial charge < -0.3 is 9.40 Å². The van der Waals surface area contributed by atoms with E-state index in [9.17, 15) is 4.79 Å². The minimum absolute atomic E-state index is 0.0936. The van der Waals surface area contributed by atoms with Crippen molar-refractivity contribution in [2.24, 2.45) is 0 Å². The standard InChI is InChI=1S/C7H5ClO3/c8-11-7(10)5-1-3-6(9)4-2-5/h1-4,9H. The first-order valence-electron chi connectivity index (χ1n) is 2.86. The van der Waals surface area contributed by atoms with Gasteiger partial charge in [-0.2, -0.15) is 0 Å². The Bertz CT molecular complexity index is 255. The molecule has 11 heavy (non-hydrogen) atoms. The molecule has 1 aromatic rings. The van der Waals surface area contributed by atoms with Crippen molar-refractivity contribution < 1.29 is 14.2 Å². The molecule has 0 unspecified atom stereocenters. The zero-order valence-electron chi connectivity index (χ0n) is 5.45. The number of phenols is 1. The molecule has 0 aromatic heterocycles. The van der Waals surface area contributed by atoms with Gasteiger partial charge in [0.25, 0.3) is 0 Å². The Morgan fingerprint density at radius 1 is 1.36 bits per heavy atom. The summed E-state index contributed by atoms with van der Waals surface area (Å²) >= 11 is 4.81. The number of benzene rings is 1. The second-order valence-electron chi connectivity index (χ2n) is 1.91. The molecule has 0 amide bonds. The summed E-state index contributed by atoms with van der Waals surface area (Å²) in [5.74, 6) is -0.539. The molecule has 0 spiro atoms. The number of carbonyl (C=O) groups excluding carboxylic acids is 1. The Hall–Kier alpha value is -1.22. The number of carbonyl (C=O) groups is 1. The van der Waals surface area contributed by atoms with Crippen molar-refractivity contribution in [3.8, 4) is 5.75 Å². The molecule has 4 heteroatoms. The highest BCUT2D eigenvalue weighted by molar-refractivity contribution is 6.15. The summed E-state index contributed by atoms with van der Waals surface area (Å²) in [5, 5.41) is 8.83. The van der Waals surface area contributed by atoms with Crippen LogP contribution < -0.4 is 0 Å². The van der Waals surface area contributed by atoms with Crippen LogP contribution in [-0.4, -0.2) is 11.1 Å². The summed E-state index contributed by atoms with van der Waals surface area (Å²) < 4.78 is 3.93. The molecule has 0 aliphatic rings. The molecule has 0 saturated heterocycles. The number of aromatic hydroxyl groups is 1. The molecule has 0 heterocycles. The normalized spacial score (nSPS) is 9.18. The lowest BCUT2D eigenvalue weighted by Gasteiger charge is -1.94. The van der Waals surface area contributed by atoms with Gasteiger partial charge in [0.15, 0.2) is 0 Å². The van der Waals surface area contributed by atoms with Crippen molar-refractivity contribution >= 4 is 17.8 Å². The van der Waals surface area contributed by atoms with Gasteiger partial charge in [-0.15, -0.1) is 0 Å². The van der Waals surface area contributed by atoms with Crippen LogP contribution in [0.4, 0.5) is 0 Å². The van der Waals surface area contributed by atoms with Crippen molar-refractivity contribution in [2.75, 3.05) is 0 Å². The van der Waals surface area contributed by atoms with Crippen LogP contribution >= 0.6 is 11.9 Å². The molecule has 0 aliphatic carbocycles. The fourth-order valence-corrected chi connectivity index (χ4v) is 0.731. The van der Waals surface area contributed by atoms with Crippen molar-refractivity contribution in [3.05, 3.63) is 29.8 Å². The van der Waals surface area contributed by atoms with E-state index in [1.807, 2.05) is 0 Å². The SMILES string of the molecule is O=C(OCl)c1ccc(O)cc1. The third-order valence-electron chi connectivity index (χ3n) is 1.17. The van der Waals surface area contributed by atoms with Crippen LogP contribution in [0.3, 0.4) is 0 Å². The molecular weight excluding hydrogens is 168 g/mol. The van der Waals surface area contributed by atoms with Crippen LogP contribution in [0, 0.1) is 0 Å². The zero-order chi connectivity index (χ0) is 8.27. The Balaban J connectivity index is 2.90. The number of hydrogen-bond donors (Lipinski definition) is 1. The Labute approximate surface area is 68.3 Å². The van der Waals surface area contributed by atoms with E-state index in [0.717, 1.165) is 0 Å². The van der Waals surface area contributed by atoms with Gasteiger partial charge in [-0.3, -0.25) is 0 Å². The molecule has 1 N–H and O–H groups in total. The van der Waals surface area contributed by atoms with Crippen LogP contribution in [0.5, 0.6) is 5.75 Å². The molecule has 0 bridgehead atoms. The third kappa shape index (κ3) is 1.85. The summed E-state index contributed by atoms with van der Waals surface area (Å²) in [6.45, 7) is 0. The highest BCUT2D eigenvalue weighted by Gasteiger charge is 2.04. The number of hydrogen-bond acceptors (Lipinski definition) is 3. The molecule has 58 valence electrons. The van der Waals surface area contributed by atoms with E-state index in [0.29, 0.717) is 5.56 Å². The number of phenolic OH excluding ortho intramolecular Hbond substituents is 1. The zero-order valence-corrected chi connectivity index (χ0v) is 6.21. The maximum absolute atomic E-state index is 10.7. The molecule has 1 aromatic carbocycles. The average molecular weight is 173 g/mol. The molecule has 0 saturated carbocycles. The van der Waals surface area contributed by atoms with Gasteiger partial charge in [0.05, 0.1) is 5.56 Å². The van der Waals surface area contributed by atoms with E-state index >= 15 is 0 Å². The summed E-state index contributed by atoms with van der Waals surface area (Å²) in [5.41, 5.74) is 0.304. The summed E-state index contributed by atoms with van der Waals surface area (Å²) in [4.78, 5) is 10.7. The lowest BCUT2D eigenvalue weighted by Crippen LogP contribution is -1.96. The predicted octanol–water partition coefficient (Wildman–Crippen LogP) is 1.70. The van der Waals surface area contributed by atoms with Crippen LogP contribution in [-0.2, 0) is 4.29 Å². The van der Waals surface area contributed by atoms with Gasteiger partial charge in [-0.1, -0.05) is 0 Å². The Morgan fingerprint density at radius 2 is 1.91 bits per heavy atom. The van der Waals surface area contributed by atoms with Crippen LogP contribution in [0.25, 0.3) is 0 Å². The monoisotopic (exact) mass is 172 g/mol. The second kappa shape index (κ2) is 3.25. The maximum atomic E-state index is 10.7. The smallest absolute Gasteiger partial charge is 0.356 e. The third-order valence-corrected chi connectivity index (χ3v) is 1.31. The van der Waals surface area contributed by atoms with Gasteiger partial charge in [-0.05, 0) is 24.3 Å². The summed E-state index contributed by atoms with van der Waals surface area (Å²) in [6, 6.07) is 5.59. The van der Waals surface area contributed by atoms with E-state index in [1.54, 1.807) is 0 Å². The van der Waals surface area contributed by atoms with Crippen molar-refractivity contribution in [1.82, 2.24) is 0 Å². The molecule has 3 nitrogen and oxygen atoms in total. The van der Waals surface area contributed by atoms with E-state index in [1.165, 1.54) is 24.3 Å². The van der Waals surface area contributed by atoms with Crippen LogP contribution in [0.15, 0.2) is 24.3 Å². The van der Waals surface area contributed by atoms with Crippen molar-refractivity contribution in [1.29, 1.82) is 0 Å². The lowest BCUT2D eigenvalue weighted by molar-refractivity contribution is 0.0751. The van der Waals surface area contributed by atoms with Crippen LogP contribution in [0.2, 0.25) is 0 Å². The number of rotatable bonds is 1. The average Bonchev–Trinajstić information content (AvgIpc) is 2.05. The quantitative estimate of drug-likeness (QED) is 0.702. The van der Waals surface area contributed by atoms with Gasteiger partial charge in [0.2, 0.25) is 0 Å². The van der Waals surface area contributed by atoms with Gasteiger partial charge in [0.1, 0.15) is 17.6 Å². The molecule has 1 rings (SSSR count). The Kier molecular flexibility index (Phi) is 2.33. The molecular formula is C7H5ClO3. The Morgan fingerprint density at radius 3 is 2.36 bits per heavy atom. The molecule has 0 fully saturated rings. The van der Waals surface area contributed by atoms with E-state index < -0.39 is 5.97 Å². The first-order chi connectivity index (χ1) is 5.24. The van der Waals surface area contributed by atoms with Gasteiger partial charge >= 0.3 is 5.97 Å². The first-order valence-corrected chi connectivity index (χ1v) is 3.17. The van der Waals surface area contributed by atoms with Crippen molar-refractivity contribution in [3.63, 3.8) is 0 Å². The second-order valence-corrected chi connectivity index (χ2v) is 2.07. The van der Waals surface area contributed by atoms with E-state index in [4.69, 9.17) is 17.0 Å².